The Bertz CT molecular complexity index is 5370. The standard InChI is InChI=1S/C80H59N7/c1-45-16-24-67-56(34-45)57-35-46(2)17-25-68(57)84(67)77-64(43-81)78(85-69-26-18-47(3)36-58(69)59-37-48(4)19-27-70(59)85)80(87-73-30-22-51(7)40-62(73)63-41-52(8)23-31-74(63)87)76(79(77)86-71-28-20-49(5)38-60(71)61-39-50(6)21-29-72(61)86)53-12-11-13-54(42-53)83-66-15-10-9-14-55(66)65-44-82-33-32-75(65)83/h9-42,44H,1-8H3. The van der Waals surface area contributed by atoms with E-state index < -0.39 is 0 Å². The van der Waals surface area contributed by atoms with E-state index in [2.05, 4.69) is 289 Å². The minimum absolute atomic E-state index is 0.540. The Morgan fingerprint density at radius 2 is 0.609 bits per heavy atom. The molecular formula is C80H59N7. The normalized spacial score (nSPS) is 12.1. The number of nitrogens with zero attached hydrogens (tertiary/aromatic N) is 7. The zero-order valence-corrected chi connectivity index (χ0v) is 49.8. The molecule has 0 bridgehead atoms. The minimum atomic E-state index is 0.540. The molecule has 0 aliphatic rings. The first-order chi connectivity index (χ1) is 42.4. The van der Waals surface area contributed by atoms with E-state index >= 15 is 0 Å². The van der Waals surface area contributed by atoms with Crippen LogP contribution in [-0.4, -0.2) is 27.8 Å². The number of fused-ring (bicyclic) bond motifs is 15. The van der Waals surface area contributed by atoms with Crippen molar-refractivity contribution in [3.63, 3.8) is 0 Å². The second-order valence-corrected chi connectivity index (χ2v) is 24.6. The molecule has 17 rings (SSSR count). The fraction of sp³-hybridized carbons (Fsp3) is 0.100. The largest absolute Gasteiger partial charge is 0.309 e. The van der Waals surface area contributed by atoms with E-state index in [-0.39, 0.29) is 0 Å². The summed E-state index contributed by atoms with van der Waals surface area (Å²) in [7, 11) is 0. The average Bonchev–Trinajstić information content (AvgIpc) is 1.66. The topological polar surface area (TPSA) is 61.3 Å². The van der Waals surface area contributed by atoms with Gasteiger partial charge >= 0.3 is 0 Å². The number of pyridine rings is 1. The molecular weight excluding hydrogens is 1060 g/mol. The number of nitriles is 1. The maximum atomic E-state index is 13.2. The number of benzene rings is 11. The van der Waals surface area contributed by atoms with E-state index in [1.54, 1.807) is 0 Å². The van der Waals surface area contributed by atoms with Gasteiger partial charge in [0.25, 0.3) is 0 Å². The number of para-hydroxylation sites is 1. The molecule has 7 heteroatoms. The van der Waals surface area contributed by atoms with E-state index in [1.165, 1.54) is 44.5 Å². The van der Waals surface area contributed by atoms with Gasteiger partial charge in [-0.2, -0.15) is 5.26 Å². The monoisotopic (exact) mass is 1120 g/mol. The van der Waals surface area contributed by atoms with Gasteiger partial charge in [-0.15, -0.1) is 0 Å². The molecule has 0 spiro atoms. The van der Waals surface area contributed by atoms with Crippen LogP contribution < -0.4 is 0 Å². The second-order valence-electron chi connectivity index (χ2n) is 24.6. The number of rotatable bonds is 6. The van der Waals surface area contributed by atoms with Crippen LogP contribution in [0.2, 0.25) is 0 Å². The van der Waals surface area contributed by atoms with Crippen molar-refractivity contribution in [3.8, 4) is 45.6 Å². The molecule has 0 N–H and O–H groups in total. The number of hydrogen-bond donors (Lipinski definition) is 0. The fourth-order valence-electron chi connectivity index (χ4n) is 14.8. The van der Waals surface area contributed by atoms with Crippen LogP contribution in [0.5, 0.6) is 0 Å². The lowest BCUT2D eigenvalue weighted by molar-refractivity contribution is 1.03. The van der Waals surface area contributed by atoms with Crippen LogP contribution in [0.1, 0.15) is 50.1 Å². The summed E-state index contributed by atoms with van der Waals surface area (Å²) in [5, 5.41) is 24.5. The maximum Gasteiger partial charge on any atom is 0.104 e. The van der Waals surface area contributed by atoms with E-state index in [0.717, 1.165) is 149 Å². The van der Waals surface area contributed by atoms with Crippen molar-refractivity contribution in [2.75, 3.05) is 0 Å². The lowest BCUT2D eigenvalue weighted by Crippen LogP contribution is -2.16. The van der Waals surface area contributed by atoms with E-state index in [4.69, 9.17) is 0 Å². The van der Waals surface area contributed by atoms with Crippen molar-refractivity contribution in [2.45, 2.75) is 55.4 Å². The minimum Gasteiger partial charge on any atom is -0.309 e. The van der Waals surface area contributed by atoms with Gasteiger partial charge in [-0.1, -0.05) is 123 Å². The molecule has 0 saturated carbocycles. The number of hydrogen-bond acceptors (Lipinski definition) is 2. The Morgan fingerprint density at radius 3 is 0.966 bits per heavy atom. The molecule has 87 heavy (non-hydrogen) atoms. The Labute approximate surface area is 503 Å². The van der Waals surface area contributed by atoms with Gasteiger partial charge < -0.3 is 22.8 Å². The van der Waals surface area contributed by atoms with Gasteiger partial charge in [0.15, 0.2) is 0 Å². The summed E-state index contributed by atoms with van der Waals surface area (Å²) in [6.07, 6.45) is 3.89. The number of aromatic nitrogens is 6. The van der Waals surface area contributed by atoms with Gasteiger partial charge in [0.1, 0.15) is 11.6 Å². The smallest absolute Gasteiger partial charge is 0.104 e. The van der Waals surface area contributed by atoms with Gasteiger partial charge in [0.2, 0.25) is 0 Å². The molecule has 7 nitrogen and oxygen atoms in total. The van der Waals surface area contributed by atoms with E-state index in [9.17, 15) is 5.26 Å². The quantitative estimate of drug-likeness (QED) is 0.167. The molecule has 6 heterocycles. The molecule has 17 aromatic rings. The van der Waals surface area contributed by atoms with Crippen molar-refractivity contribution >= 4 is 109 Å². The van der Waals surface area contributed by atoms with Crippen molar-refractivity contribution in [2.24, 2.45) is 0 Å². The first-order valence-corrected chi connectivity index (χ1v) is 30.1. The Morgan fingerprint density at radius 1 is 0.287 bits per heavy atom. The lowest BCUT2D eigenvalue weighted by Gasteiger charge is -2.29. The van der Waals surface area contributed by atoms with Crippen molar-refractivity contribution in [3.05, 3.63) is 263 Å². The van der Waals surface area contributed by atoms with Gasteiger partial charge in [-0.25, -0.2) is 0 Å². The molecule has 0 radical (unpaired) electrons. The Kier molecular flexibility index (Phi) is 10.8. The van der Waals surface area contributed by atoms with Crippen LogP contribution in [0.25, 0.3) is 149 Å². The van der Waals surface area contributed by atoms with Crippen LogP contribution in [0, 0.1) is 66.7 Å². The predicted molar refractivity (Wildman–Crippen MR) is 364 cm³/mol. The summed E-state index contributed by atoms with van der Waals surface area (Å²) < 4.78 is 12.3. The molecule has 0 amide bonds. The summed E-state index contributed by atoms with van der Waals surface area (Å²) in [6.45, 7) is 17.5. The highest BCUT2D eigenvalue weighted by molar-refractivity contribution is 6.18. The second kappa shape index (κ2) is 18.5. The van der Waals surface area contributed by atoms with Gasteiger partial charge in [-0.3, -0.25) is 4.98 Å². The SMILES string of the molecule is Cc1ccc2c(c1)c1cc(C)ccc1n2-c1c(C#N)c(-n2c3ccc(C)cc3c3cc(C)ccc32)c(-n2c3ccc(C)cc3c3cc(C)ccc32)c(-c2cccc(-n3c4ccccc4c4cnccc43)c2)c1-n1c2ccc(C)cc2c2cc(C)ccc21. The molecule has 0 saturated heterocycles. The van der Waals surface area contributed by atoms with Gasteiger partial charge in [-0.05, 0) is 182 Å². The first-order valence-electron chi connectivity index (χ1n) is 30.1. The third-order valence-corrected chi connectivity index (χ3v) is 18.6. The summed E-state index contributed by atoms with van der Waals surface area (Å²) in [4.78, 5) is 4.68. The molecule has 0 atom stereocenters. The van der Waals surface area contributed by atoms with Crippen LogP contribution in [0.4, 0.5) is 0 Å². The Balaban J connectivity index is 1.22. The summed E-state index contributed by atoms with van der Waals surface area (Å²) in [5.41, 5.74) is 26.6. The highest BCUT2D eigenvalue weighted by Gasteiger charge is 2.35. The lowest BCUT2D eigenvalue weighted by atomic mass is 9.93. The zero-order valence-electron chi connectivity index (χ0n) is 49.8. The van der Waals surface area contributed by atoms with Crippen molar-refractivity contribution in [1.82, 2.24) is 27.8 Å². The van der Waals surface area contributed by atoms with E-state index in [0.29, 0.717) is 5.56 Å². The summed E-state index contributed by atoms with van der Waals surface area (Å²) in [6, 6.07) is 78.0. The van der Waals surface area contributed by atoms with Crippen LogP contribution in [0.15, 0.2) is 213 Å². The Hall–Kier alpha value is -10.9. The van der Waals surface area contributed by atoms with Crippen LogP contribution in [0.3, 0.4) is 0 Å². The average molecular weight is 1120 g/mol. The summed E-state index contributed by atoms with van der Waals surface area (Å²) >= 11 is 0. The van der Waals surface area contributed by atoms with Crippen LogP contribution in [-0.2, 0) is 0 Å². The third kappa shape index (κ3) is 7.25. The molecule has 0 fully saturated rings. The first kappa shape index (κ1) is 50.6. The third-order valence-electron chi connectivity index (χ3n) is 18.6. The highest BCUT2D eigenvalue weighted by atomic mass is 15.1. The predicted octanol–water partition coefficient (Wildman–Crippen LogP) is 20.6. The van der Waals surface area contributed by atoms with Gasteiger partial charge in [0.05, 0.1) is 77.9 Å². The van der Waals surface area contributed by atoms with Crippen LogP contribution >= 0.6 is 0 Å². The van der Waals surface area contributed by atoms with E-state index in [1.807, 2.05) is 12.4 Å². The molecule has 0 aliphatic carbocycles. The van der Waals surface area contributed by atoms with Crippen molar-refractivity contribution < 1.29 is 0 Å². The zero-order chi connectivity index (χ0) is 58.8. The number of aryl methyl sites for hydroxylation is 8. The molecule has 6 aromatic heterocycles. The fourth-order valence-corrected chi connectivity index (χ4v) is 14.8. The van der Waals surface area contributed by atoms with Crippen molar-refractivity contribution in [1.29, 1.82) is 5.26 Å². The molecule has 414 valence electrons. The molecule has 0 unspecified atom stereocenters. The maximum absolute atomic E-state index is 13.2. The highest BCUT2D eigenvalue weighted by Crippen LogP contribution is 2.53. The molecule has 11 aromatic carbocycles. The van der Waals surface area contributed by atoms with Gasteiger partial charge in [0, 0.05) is 77.5 Å². The summed E-state index contributed by atoms with van der Waals surface area (Å²) in [5.74, 6) is 0. The molecule has 0 aliphatic heterocycles.